The molecule has 0 amide bonds. The normalized spacial score (nSPS) is 22.2. The van der Waals surface area contributed by atoms with Gasteiger partial charge in [0.05, 0.1) is 21.9 Å². The molecule has 0 aliphatic carbocycles. The van der Waals surface area contributed by atoms with Gasteiger partial charge in [-0.25, -0.2) is 8.78 Å². The number of benzene rings is 1. The molecule has 1 heterocycles. The van der Waals surface area contributed by atoms with Crippen molar-refractivity contribution in [1.82, 2.24) is 0 Å². The second kappa shape index (κ2) is 5.13. The highest BCUT2D eigenvalue weighted by molar-refractivity contribution is 9.10. The molecule has 2 nitrogen and oxygen atoms in total. The molecule has 1 saturated heterocycles. The van der Waals surface area contributed by atoms with E-state index in [-0.39, 0.29) is 21.9 Å². The quantitative estimate of drug-likeness (QED) is 0.847. The summed E-state index contributed by atoms with van der Waals surface area (Å²) in [5, 5.41) is 2.90. The van der Waals surface area contributed by atoms with E-state index in [2.05, 4.69) is 21.2 Å². The zero-order valence-corrected chi connectivity index (χ0v) is 12.0. The van der Waals surface area contributed by atoms with Gasteiger partial charge in [0, 0.05) is 12.6 Å². The number of nitrogens with one attached hydrogen (secondary N) is 1. The van der Waals surface area contributed by atoms with Crippen LogP contribution in [0.4, 0.5) is 14.5 Å². The fourth-order valence-electron chi connectivity index (χ4n) is 2.10. The second-order valence-corrected chi connectivity index (χ2v) is 6.02. The number of hydrogen-bond donors (Lipinski definition) is 1. The van der Waals surface area contributed by atoms with Crippen molar-refractivity contribution in [3.63, 3.8) is 0 Å². The van der Waals surface area contributed by atoms with E-state index in [0.29, 0.717) is 6.54 Å². The Kier molecular flexibility index (Phi) is 3.92. The fraction of sp³-hybridized carbons (Fsp3) is 0.538. The molecule has 2 rings (SSSR count). The lowest BCUT2D eigenvalue weighted by Gasteiger charge is -2.20. The number of ether oxygens (including phenoxy) is 1. The highest BCUT2D eigenvalue weighted by Gasteiger charge is 2.31. The van der Waals surface area contributed by atoms with E-state index in [1.807, 2.05) is 13.8 Å². The van der Waals surface area contributed by atoms with Gasteiger partial charge in [-0.15, -0.1) is 0 Å². The van der Waals surface area contributed by atoms with Gasteiger partial charge in [-0.2, -0.15) is 0 Å². The maximum Gasteiger partial charge on any atom is 0.147 e. The average Bonchev–Trinajstić information content (AvgIpc) is 2.62. The van der Waals surface area contributed by atoms with Crippen molar-refractivity contribution in [1.29, 1.82) is 0 Å². The summed E-state index contributed by atoms with van der Waals surface area (Å²) in [5.74, 6) is -0.952. The lowest BCUT2D eigenvalue weighted by atomic mass is 10.1. The van der Waals surface area contributed by atoms with Gasteiger partial charge in [0.25, 0.3) is 0 Å². The van der Waals surface area contributed by atoms with Crippen LogP contribution in [0.25, 0.3) is 0 Å². The van der Waals surface area contributed by atoms with Gasteiger partial charge < -0.3 is 10.1 Å². The molecule has 5 heteroatoms. The van der Waals surface area contributed by atoms with Crippen molar-refractivity contribution in [2.45, 2.75) is 38.4 Å². The van der Waals surface area contributed by atoms with Crippen LogP contribution in [0.2, 0.25) is 0 Å². The average molecular weight is 320 g/mol. The third-order valence-electron chi connectivity index (χ3n) is 3.08. The first-order chi connectivity index (χ1) is 8.37. The molecule has 0 bridgehead atoms. The Morgan fingerprint density at radius 3 is 2.72 bits per heavy atom. The lowest BCUT2D eigenvalue weighted by molar-refractivity contribution is -0.00912. The third kappa shape index (κ3) is 3.20. The first kappa shape index (κ1) is 13.7. The van der Waals surface area contributed by atoms with Crippen LogP contribution in [0.15, 0.2) is 16.6 Å². The highest BCUT2D eigenvalue weighted by Crippen LogP contribution is 2.30. The monoisotopic (exact) mass is 319 g/mol. The number of anilines is 1. The summed E-state index contributed by atoms with van der Waals surface area (Å²) < 4.78 is 32.8. The topological polar surface area (TPSA) is 21.3 Å². The molecule has 1 aromatic rings. The summed E-state index contributed by atoms with van der Waals surface area (Å²) in [6.07, 6.45) is 1.96. The van der Waals surface area contributed by atoms with Crippen molar-refractivity contribution >= 4 is 21.6 Å². The van der Waals surface area contributed by atoms with Gasteiger partial charge in [-0.1, -0.05) is 0 Å². The smallest absolute Gasteiger partial charge is 0.147 e. The van der Waals surface area contributed by atoms with Crippen molar-refractivity contribution in [3.8, 4) is 0 Å². The molecule has 0 radical (unpaired) electrons. The maximum absolute atomic E-state index is 13.6. The van der Waals surface area contributed by atoms with Crippen molar-refractivity contribution in [2.75, 3.05) is 11.9 Å². The van der Waals surface area contributed by atoms with E-state index in [1.54, 1.807) is 0 Å². The van der Waals surface area contributed by atoms with Crippen LogP contribution in [0.3, 0.4) is 0 Å². The minimum absolute atomic E-state index is 0.0473. The Labute approximate surface area is 114 Å². The molecule has 1 aliphatic rings. The van der Waals surface area contributed by atoms with Crippen LogP contribution >= 0.6 is 15.9 Å². The molecular weight excluding hydrogens is 304 g/mol. The van der Waals surface area contributed by atoms with E-state index in [1.165, 1.54) is 0 Å². The van der Waals surface area contributed by atoms with Gasteiger partial charge in [0.15, 0.2) is 0 Å². The summed E-state index contributed by atoms with van der Waals surface area (Å²) in [5.41, 5.74) is 0.0552. The summed E-state index contributed by atoms with van der Waals surface area (Å²) in [4.78, 5) is 0. The zero-order valence-electron chi connectivity index (χ0n) is 10.4. The predicted molar refractivity (Wildman–Crippen MR) is 70.7 cm³/mol. The highest BCUT2D eigenvalue weighted by atomic mass is 79.9. The molecule has 18 heavy (non-hydrogen) atoms. The van der Waals surface area contributed by atoms with Crippen LogP contribution in [0.5, 0.6) is 0 Å². The fourth-order valence-corrected chi connectivity index (χ4v) is 2.42. The molecule has 100 valence electrons. The largest absolute Gasteiger partial charge is 0.380 e. The van der Waals surface area contributed by atoms with E-state index in [9.17, 15) is 8.78 Å². The van der Waals surface area contributed by atoms with Crippen molar-refractivity contribution in [2.24, 2.45) is 0 Å². The van der Waals surface area contributed by atoms with Gasteiger partial charge >= 0.3 is 0 Å². The number of halogens is 3. The summed E-state index contributed by atoms with van der Waals surface area (Å²) in [7, 11) is 0. The van der Waals surface area contributed by atoms with Crippen molar-refractivity contribution < 1.29 is 13.5 Å². The summed E-state index contributed by atoms with van der Waals surface area (Å²) >= 11 is 2.94. The molecule has 1 atom stereocenters. The molecule has 1 fully saturated rings. The van der Waals surface area contributed by atoms with Gasteiger partial charge in [-0.3, -0.25) is 0 Å². The van der Waals surface area contributed by atoms with E-state index in [4.69, 9.17) is 4.74 Å². The summed E-state index contributed by atoms with van der Waals surface area (Å²) in [6.45, 7) is 4.56. The Morgan fingerprint density at radius 2 is 2.11 bits per heavy atom. The Bertz CT molecular complexity index is 451. The number of rotatable bonds is 3. The molecule has 0 spiro atoms. The first-order valence-electron chi connectivity index (χ1n) is 5.94. The van der Waals surface area contributed by atoms with Crippen LogP contribution in [0, 0.1) is 11.6 Å². The second-order valence-electron chi connectivity index (χ2n) is 5.17. The minimum atomic E-state index is -0.480. The Balaban J connectivity index is 1.97. The third-order valence-corrected chi connectivity index (χ3v) is 3.69. The lowest BCUT2D eigenvalue weighted by Crippen LogP contribution is -2.25. The summed E-state index contributed by atoms with van der Waals surface area (Å²) in [6, 6.07) is 2.27. The Hall–Kier alpha value is -0.680. The van der Waals surface area contributed by atoms with Crippen molar-refractivity contribution in [3.05, 3.63) is 28.2 Å². The molecule has 1 aromatic carbocycles. The van der Waals surface area contributed by atoms with Gasteiger partial charge in [0.1, 0.15) is 11.6 Å². The Morgan fingerprint density at radius 1 is 1.39 bits per heavy atom. The van der Waals surface area contributed by atoms with E-state index >= 15 is 0 Å². The van der Waals surface area contributed by atoms with Crippen LogP contribution in [-0.4, -0.2) is 18.2 Å². The van der Waals surface area contributed by atoms with E-state index < -0.39 is 11.6 Å². The first-order valence-corrected chi connectivity index (χ1v) is 6.73. The number of hydrogen-bond acceptors (Lipinski definition) is 2. The maximum atomic E-state index is 13.6. The molecular formula is C13H16BrF2NO. The van der Waals surface area contributed by atoms with Crippen LogP contribution < -0.4 is 5.32 Å². The van der Waals surface area contributed by atoms with Gasteiger partial charge in [-0.05, 0) is 48.7 Å². The standard InChI is InChI=1S/C13H16BrF2NO/c1-13(2)4-3-8(18-13)7-17-12-6-10(15)9(14)5-11(12)16/h5-6,8,17H,3-4,7H2,1-2H3. The van der Waals surface area contributed by atoms with Gasteiger partial charge in [0.2, 0.25) is 0 Å². The molecule has 1 unspecified atom stereocenters. The van der Waals surface area contributed by atoms with Crippen LogP contribution in [-0.2, 0) is 4.74 Å². The predicted octanol–water partition coefficient (Wildman–Crippen LogP) is 4.10. The SMILES string of the molecule is CC1(C)CCC(CNc2cc(F)c(Br)cc2F)O1. The molecule has 0 aromatic heterocycles. The molecule has 1 aliphatic heterocycles. The zero-order chi connectivity index (χ0) is 13.3. The van der Waals surface area contributed by atoms with E-state index in [0.717, 1.165) is 25.0 Å². The molecule has 1 N–H and O–H groups in total. The van der Waals surface area contributed by atoms with Crippen LogP contribution in [0.1, 0.15) is 26.7 Å². The molecule has 0 saturated carbocycles. The minimum Gasteiger partial charge on any atom is -0.380 e.